The number of tetrazole rings is 1. The second-order valence-corrected chi connectivity index (χ2v) is 6.36. The van der Waals surface area contributed by atoms with Crippen molar-refractivity contribution in [2.45, 2.75) is 25.5 Å². The number of ether oxygens (including phenoxy) is 1. The molecule has 1 atom stereocenters. The molecule has 128 valence electrons. The van der Waals surface area contributed by atoms with E-state index in [1.54, 1.807) is 23.1 Å². The zero-order valence-electron chi connectivity index (χ0n) is 12.9. The minimum atomic E-state index is -0.183. The van der Waals surface area contributed by atoms with Gasteiger partial charge in [0.1, 0.15) is 12.4 Å². The van der Waals surface area contributed by atoms with Crippen LogP contribution in [0.2, 0.25) is 10.0 Å². The number of carbonyl (C=O) groups excluding carboxylic acids is 1. The van der Waals surface area contributed by atoms with Crippen molar-refractivity contribution in [3.8, 4) is 0 Å². The Morgan fingerprint density at radius 2 is 2.21 bits per heavy atom. The Kier molecular flexibility index (Phi) is 5.65. The van der Waals surface area contributed by atoms with Gasteiger partial charge in [-0.05, 0) is 34.5 Å². The number of carbonyl (C=O) groups is 1. The van der Waals surface area contributed by atoms with Crippen molar-refractivity contribution in [1.82, 2.24) is 25.1 Å². The van der Waals surface area contributed by atoms with E-state index in [9.17, 15) is 4.79 Å². The minimum absolute atomic E-state index is 0.108. The van der Waals surface area contributed by atoms with Gasteiger partial charge in [0.25, 0.3) is 0 Å². The summed E-state index contributed by atoms with van der Waals surface area (Å²) in [6, 6.07) is 5.42. The molecule has 1 aliphatic heterocycles. The number of hydrogen-bond donors (Lipinski definition) is 0. The van der Waals surface area contributed by atoms with Crippen molar-refractivity contribution in [2.75, 3.05) is 19.7 Å². The average Bonchev–Trinajstić information content (AvgIpc) is 3.11. The number of rotatable bonds is 5. The SMILES string of the molecule is O=C(CCCn1cnnn1)N1CCO[C@@H](c2ccc(Cl)c(Cl)c2)C1. The fraction of sp³-hybridized carbons (Fsp3) is 0.467. The topological polar surface area (TPSA) is 73.1 Å². The second-order valence-electron chi connectivity index (χ2n) is 5.55. The summed E-state index contributed by atoms with van der Waals surface area (Å²) in [6.07, 6.45) is 2.50. The molecule has 2 heterocycles. The highest BCUT2D eigenvalue weighted by atomic mass is 35.5. The lowest BCUT2D eigenvalue weighted by Crippen LogP contribution is -2.42. The Bertz CT molecular complexity index is 695. The molecule has 0 unspecified atom stereocenters. The van der Waals surface area contributed by atoms with Crippen molar-refractivity contribution < 1.29 is 9.53 Å². The maximum atomic E-state index is 12.4. The normalized spacial score (nSPS) is 17.9. The van der Waals surface area contributed by atoms with Crippen LogP contribution in [0.4, 0.5) is 0 Å². The largest absolute Gasteiger partial charge is 0.370 e. The lowest BCUT2D eigenvalue weighted by atomic mass is 10.1. The molecule has 0 bridgehead atoms. The summed E-state index contributed by atoms with van der Waals surface area (Å²) in [6.45, 7) is 2.24. The van der Waals surface area contributed by atoms with Gasteiger partial charge < -0.3 is 9.64 Å². The molecule has 1 saturated heterocycles. The Labute approximate surface area is 149 Å². The van der Waals surface area contributed by atoms with E-state index in [4.69, 9.17) is 27.9 Å². The molecule has 9 heteroatoms. The number of amides is 1. The molecule has 0 radical (unpaired) electrons. The highest BCUT2D eigenvalue weighted by molar-refractivity contribution is 6.42. The Hall–Kier alpha value is -1.70. The van der Waals surface area contributed by atoms with E-state index in [-0.39, 0.29) is 12.0 Å². The molecule has 3 rings (SSSR count). The summed E-state index contributed by atoms with van der Waals surface area (Å²) >= 11 is 12.0. The van der Waals surface area contributed by atoms with Gasteiger partial charge in [0.15, 0.2) is 0 Å². The number of aromatic nitrogens is 4. The number of hydrogen-bond acceptors (Lipinski definition) is 5. The standard InChI is InChI=1S/C15H17Cl2N5O2/c16-12-4-3-11(8-13(12)17)14-9-21(6-7-24-14)15(23)2-1-5-22-10-18-19-20-22/h3-4,8,10,14H,1-2,5-7,9H2/t14-/m1/s1. The Morgan fingerprint density at radius 3 is 2.96 bits per heavy atom. The summed E-state index contributed by atoms with van der Waals surface area (Å²) in [5, 5.41) is 11.9. The quantitative estimate of drug-likeness (QED) is 0.808. The molecule has 0 saturated carbocycles. The monoisotopic (exact) mass is 369 g/mol. The van der Waals surface area contributed by atoms with E-state index < -0.39 is 0 Å². The molecule has 0 spiro atoms. The van der Waals surface area contributed by atoms with Crippen LogP contribution in [-0.2, 0) is 16.1 Å². The first-order chi connectivity index (χ1) is 11.6. The smallest absolute Gasteiger partial charge is 0.222 e. The van der Waals surface area contributed by atoms with Crippen LogP contribution in [0.3, 0.4) is 0 Å². The van der Waals surface area contributed by atoms with E-state index in [0.717, 1.165) is 5.56 Å². The van der Waals surface area contributed by atoms with Gasteiger partial charge in [0.05, 0.1) is 23.2 Å². The molecule has 7 nitrogen and oxygen atoms in total. The van der Waals surface area contributed by atoms with Gasteiger partial charge in [-0.25, -0.2) is 4.68 Å². The highest BCUT2D eigenvalue weighted by Gasteiger charge is 2.25. The Morgan fingerprint density at radius 1 is 1.33 bits per heavy atom. The van der Waals surface area contributed by atoms with Crippen LogP contribution in [0.15, 0.2) is 24.5 Å². The third-order valence-corrected chi connectivity index (χ3v) is 4.64. The van der Waals surface area contributed by atoms with Crippen molar-refractivity contribution >= 4 is 29.1 Å². The predicted octanol–water partition coefficient (Wildman–Crippen LogP) is 2.36. The summed E-state index contributed by atoms with van der Waals surface area (Å²) in [5.74, 6) is 0.108. The van der Waals surface area contributed by atoms with Gasteiger partial charge >= 0.3 is 0 Å². The molecule has 1 aromatic heterocycles. The number of halogens is 2. The van der Waals surface area contributed by atoms with Crippen LogP contribution in [0.1, 0.15) is 24.5 Å². The molecule has 24 heavy (non-hydrogen) atoms. The van der Waals surface area contributed by atoms with Gasteiger partial charge in [-0.1, -0.05) is 29.3 Å². The highest BCUT2D eigenvalue weighted by Crippen LogP contribution is 2.29. The molecule has 2 aromatic rings. The summed E-state index contributed by atoms with van der Waals surface area (Å²) < 4.78 is 7.39. The molecule has 1 aliphatic rings. The zero-order chi connectivity index (χ0) is 16.9. The average molecular weight is 370 g/mol. The van der Waals surface area contributed by atoms with Crippen molar-refractivity contribution in [1.29, 1.82) is 0 Å². The maximum absolute atomic E-state index is 12.4. The fourth-order valence-corrected chi connectivity index (χ4v) is 2.93. The number of benzene rings is 1. The van der Waals surface area contributed by atoms with E-state index in [2.05, 4.69) is 15.5 Å². The van der Waals surface area contributed by atoms with Crippen LogP contribution < -0.4 is 0 Å². The van der Waals surface area contributed by atoms with Gasteiger partial charge in [-0.15, -0.1) is 5.10 Å². The van der Waals surface area contributed by atoms with Crippen LogP contribution in [-0.4, -0.2) is 50.7 Å². The molecule has 0 aliphatic carbocycles. The molecular formula is C15H17Cl2N5O2. The van der Waals surface area contributed by atoms with E-state index in [0.29, 0.717) is 49.1 Å². The van der Waals surface area contributed by atoms with Crippen LogP contribution in [0.25, 0.3) is 0 Å². The molecule has 1 amide bonds. The molecule has 1 fully saturated rings. The van der Waals surface area contributed by atoms with Gasteiger partial charge in [0.2, 0.25) is 5.91 Å². The first kappa shape index (κ1) is 17.1. The third kappa shape index (κ3) is 4.23. The second kappa shape index (κ2) is 7.92. The first-order valence-electron chi connectivity index (χ1n) is 7.68. The Balaban J connectivity index is 1.54. The summed E-state index contributed by atoms with van der Waals surface area (Å²) in [5.41, 5.74) is 0.926. The third-order valence-electron chi connectivity index (χ3n) is 3.90. The maximum Gasteiger partial charge on any atom is 0.222 e. The van der Waals surface area contributed by atoms with Crippen molar-refractivity contribution in [3.05, 3.63) is 40.1 Å². The summed E-state index contributed by atoms with van der Waals surface area (Å²) in [4.78, 5) is 14.2. The van der Waals surface area contributed by atoms with E-state index in [1.165, 1.54) is 0 Å². The summed E-state index contributed by atoms with van der Waals surface area (Å²) in [7, 11) is 0. The molecule has 0 N–H and O–H groups in total. The van der Waals surface area contributed by atoms with E-state index >= 15 is 0 Å². The van der Waals surface area contributed by atoms with Gasteiger partial charge in [-0.2, -0.15) is 0 Å². The number of aryl methyl sites for hydroxylation is 1. The van der Waals surface area contributed by atoms with Gasteiger partial charge in [0, 0.05) is 19.5 Å². The lowest BCUT2D eigenvalue weighted by molar-refractivity contribution is -0.139. The predicted molar refractivity (Wildman–Crippen MR) is 88.8 cm³/mol. The van der Waals surface area contributed by atoms with Crippen molar-refractivity contribution in [2.24, 2.45) is 0 Å². The minimum Gasteiger partial charge on any atom is -0.370 e. The van der Waals surface area contributed by atoms with Crippen molar-refractivity contribution in [3.63, 3.8) is 0 Å². The fourth-order valence-electron chi connectivity index (χ4n) is 2.62. The number of nitrogens with zero attached hydrogens (tertiary/aromatic N) is 5. The van der Waals surface area contributed by atoms with E-state index in [1.807, 2.05) is 11.0 Å². The van der Waals surface area contributed by atoms with Gasteiger partial charge in [-0.3, -0.25) is 4.79 Å². The molecular weight excluding hydrogens is 353 g/mol. The lowest BCUT2D eigenvalue weighted by Gasteiger charge is -2.33. The molecule has 1 aromatic carbocycles. The first-order valence-corrected chi connectivity index (χ1v) is 8.44. The van der Waals surface area contributed by atoms with Crippen LogP contribution in [0, 0.1) is 0 Å². The number of morpholine rings is 1. The van der Waals surface area contributed by atoms with Crippen LogP contribution in [0.5, 0.6) is 0 Å². The zero-order valence-corrected chi connectivity index (χ0v) is 14.4. The van der Waals surface area contributed by atoms with Crippen LogP contribution >= 0.6 is 23.2 Å².